The fourth-order valence-corrected chi connectivity index (χ4v) is 3.88. The molecule has 0 N–H and O–H groups in total. The topological polar surface area (TPSA) is 36.7 Å². The Morgan fingerprint density at radius 3 is 2.88 bits per heavy atom. The van der Waals surface area contributed by atoms with Gasteiger partial charge in [-0.1, -0.05) is 6.07 Å². The highest BCUT2D eigenvalue weighted by Gasteiger charge is 2.38. The number of allylic oxidation sites excluding steroid dienone is 1. The zero-order valence-corrected chi connectivity index (χ0v) is 14.2. The zero-order chi connectivity index (χ0) is 17.8. The van der Waals surface area contributed by atoms with Crippen molar-refractivity contribution in [1.82, 2.24) is 19.5 Å². The van der Waals surface area contributed by atoms with Crippen molar-refractivity contribution in [3.05, 3.63) is 71.4 Å². The largest absolute Gasteiger partial charge is 0.349 e. The Kier molecular flexibility index (Phi) is 3.25. The summed E-state index contributed by atoms with van der Waals surface area (Å²) in [5.74, 6) is -1.60. The normalized spacial score (nSPS) is 19.3. The standard InChI is InChI=1S/C19H17F2N5/c1-12-4-6-15(18(21)17(12)20)25-10-14-3-2-8-24(14)19(25)13-5-7-16-22-11-23-26(16)9-13/h4-7,9-11,19H,2-3,8H2,1H3. The van der Waals surface area contributed by atoms with E-state index in [4.69, 9.17) is 0 Å². The molecule has 2 aliphatic heterocycles. The van der Waals surface area contributed by atoms with E-state index in [0.29, 0.717) is 5.56 Å². The number of aryl methyl sites for hydroxylation is 1. The first-order valence-corrected chi connectivity index (χ1v) is 8.63. The van der Waals surface area contributed by atoms with Crippen LogP contribution in [0.4, 0.5) is 14.5 Å². The Balaban J connectivity index is 1.65. The average molecular weight is 353 g/mol. The van der Waals surface area contributed by atoms with Crippen LogP contribution in [0.25, 0.3) is 5.65 Å². The van der Waals surface area contributed by atoms with Crippen molar-refractivity contribution in [3.63, 3.8) is 0 Å². The molecular weight excluding hydrogens is 336 g/mol. The number of nitrogens with zero attached hydrogens (tertiary/aromatic N) is 5. The first-order chi connectivity index (χ1) is 12.6. The zero-order valence-electron chi connectivity index (χ0n) is 14.2. The molecule has 0 spiro atoms. The molecule has 1 fully saturated rings. The molecule has 5 rings (SSSR count). The Bertz CT molecular complexity index is 1040. The molecule has 132 valence electrons. The Labute approximate surface area is 149 Å². The smallest absolute Gasteiger partial charge is 0.182 e. The molecule has 0 bridgehead atoms. The summed E-state index contributed by atoms with van der Waals surface area (Å²) in [6.07, 6.45) is 7.12. The molecule has 1 atom stereocenters. The predicted molar refractivity (Wildman–Crippen MR) is 93.3 cm³/mol. The van der Waals surface area contributed by atoms with E-state index in [2.05, 4.69) is 15.0 Å². The number of benzene rings is 1. The third kappa shape index (κ3) is 2.13. The van der Waals surface area contributed by atoms with Crippen LogP contribution < -0.4 is 4.90 Å². The number of pyridine rings is 1. The Morgan fingerprint density at radius 2 is 2.00 bits per heavy atom. The summed E-state index contributed by atoms with van der Waals surface area (Å²) >= 11 is 0. The van der Waals surface area contributed by atoms with Gasteiger partial charge < -0.3 is 9.80 Å². The summed E-state index contributed by atoms with van der Waals surface area (Å²) < 4.78 is 30.6. The third-order valence-electron chi connectivity index (χ3n) is 5.18. The number of halogens is 2. The molecule has 26 heavy (non-hydrogen) atoms. The maximum atomic E-state index is 14.7. The van der Waals surface area contributed by atoms with Crippen LogP contribution in [0, 0.1) is 18.6 Å². The van der Waals surface area contributed by atoms with Gasteiger partial charge in [0.1, 0.15) is 12.5 Å². The van der Waals surface area contributed by atoms with Crippen molar-refractivity contribution in [2.24, 2.45) is 0 Å². The third-order valence-corrected chi connectivity index (χ3v) is 5.18. The molecule has 7 heteroatoms. The first kappa shape index (κ1) is 15.3. The van der Waals surface area contributed by atoms with Crippen LogP contribution in [0.15, 0.2) is 48.7 Å². The minimum atomic E-state index is -0.810. The van der Waals surface area contributed by atoms with Crippen molar-refractivity contribution in [3.8, 4) is 0 Å². The number of aromatic nitrogens is 3. The molecule has 5 nitrogen and oxygen atoms in total. The molecule has 0 saturated carbocycles. The van der Waals surface area contributed by atoms with Gasteiger partial charge in [-0.05, 0) is 43.5 Å². The fraction of sp³-hybridized carbons (Fsp3) is 0.263. The number of anilines is 1. The fourth-order valence-electron chi connectivity index (χ4n) is 3.88. The second-order valence-electron chi connectivity index (χ2n) is 6.75. The first-order valence-electron chi connectivity index (χ1n) is 8.63. The van der Waals surface area contributed by atoms with Crippen LogP contribution in [0.3, 0.4) is 0 Å². The lowest BCUT2D eigenvalue weighted by molar-refractivity contribution is 0.316. The van der Waals surface area contributed by atoms with Crippen LogP contribution in [0.1, 0.15) is 30.1 Å². The maximum absolute atomic E-state index is 14.7. The highest BCUT2D eigenvalue weighted by Crippen LogP contribution is 2.43. The van der Waals surface area contributed by atoms with Gasteiger partial charge in [-0.25, -0.2) is 18.3 Å². The van der Waals surface area contributed by atoms with Crippen LogP contribution in [-0.2, 0) is 0 Å². The van der Waals surface area contributed by atoms with Gasteiger partial charge in [0.25, 0.3) is 0 Å². The summed E-state index contributed by atoms with van der Waals surface area (Å²) in [5.41, 5.74) is 3.41. The van der Waals surface area contributed by atoms with Gasteiger partial charge in [-0.2, -0.15) is 5.10 Å². The molecule has 2 aromatic heterocycles. The van der Waals surface area contributed by atoms with E-state index in [9.17, 15) is 8.78 Å². The minimum Gasteiger partial charge on any atom is -0.349 e. The van der Waals surface area contributed by atoms with Gasteiger partial charge in [0.2, 0.25) is 0 Å². The molecule has 3 aromatic rings. The average Bonchev–Trinajstić information content (AvgIpc) is 3.34. The van der Waals surface area contributed by atoms with Crippen molar-refractivity contribution >= 4 is 11.3 Å². The second kappa shape index (κ2) is 5.52. The van der Waals surface area contributed by atoms with E-state index >= 15 is 0 Å². The molecular formula is C19H17F2N5. The minimum absolute atomic E-state index is 0.224. The van der Waals surface area contributed by atoms with Crippen molar-refractivity contribution in [2.75, 3.05) is 11.4 Å². The summed E-state index contributed by atoms with van der Waals surface area (Å²) in [6, 6.07) is 7.13. The molecule has 2 aliphatic rings. The molecule has 1 aromatic carbocycles. The van der Waals surface area contributed by atoms with Crippen LogP contribution in [-0.4, -0.2) is 26.0 Å². The van der Waals surface area contributed by atoms with Crippen LogP contribution in [0.5, 0.6) is 0 Å². The highest BCUT2D eigenvalue weighted by molar-refractivity contribution is 5.57. The Hall–Kier alpha value is -2.96. The molecule has 0 radical (unpaired) electrons. The monoisotopic (exact) mass is 353 g/mol. The molecule has 1 saturated heterocycles. The van der Waals surface area contributed by atoms with Gasteiger partial charge in [-0.15, -0.1) is 0 Å². The Morgan fingerprint density at radius 1 is 1.12 bits per heavy atom. The van der Waals surface area contributed by atoms with Gasteiger partial charge >= 0.3 is 0 Å². The van der Waals surface area contributed by atoms with E-state index in [1.165, 1.54) is 6.33 Å². The molecule has 0 aliphatic carbocycles. The van der Waals surface area contributed by atoms with Crippen molar-refractivity contribution < 1.29 is 8.78 Å². The van der Waals surface area contributed by atoms with E-state index in [1.807, 2.05) is 29.4 Å². The molecule has 0 amide bonds. The van der Waals surface area contributed by atoms with Crippen molar-refractivity contribution in [2.45, 2.75) is 25.9 Å². The van der Waals surface area contributed by atoms with Crippen LogP contribution in [0.2, 0.25) is 0 Å². The molecule has 1 unspecified atom stereocenters. The lowest BCUT2D eigenvalue weighted by atomic mass is 10.1. The SMILES string of the molecule is Cc1ccc(N2C=C3CCCN3C2c2ccc3ncnn3c2)c(F)c1F. The van der Waals surface area contributed by atoms with E-state index in [0.717, 1.165) is 36.3 Å². The molecule has 4 heterocycles. The van der Waals surface area contributed by atoms with Gasteiger partial charge in [-0.3, -0.25) is 0 Å². The predicted octanol–water partition coefficient (Wildman–Crippen LogP) is 3.77. The number of rotatable bonds is 2. The maximum Gasteiger partial charge on any atom is 0.182 e. The lowest BCUT2D eigenvalue weighted by Crippen LogP contribution is -2.31. The van der Waals surface area contributed by atoms with E-state index in [1.54, 1.807) is 23.6 Å². The summed E-state index contributed by atoms with van der Waals surface area (Å²) in [4.78, 5) is 8.24. The highest BCUT2D eigenvalue weighted by atomic mass is 19.2. The summed E-state index contributed by atoms with van der Waals surface area (Å²) in [6.45, 7) is 2.46. The van der Waals surface area contributed by atoms with Crippen LogP contribution >= 0.6 is 0 Å². The second-order valence-corrected chi connectivity index (χ2v) is 6.75. The number of hydrogen-bond acceptors (Lipinski definition) is 4. The van der Waals surface area contributed by atoms with Gasteiger partial charge in [0, 0.05) is 30.2 Å². The quantitative estimate of drug-likeness (QED) is 0.703. The van der Waals surface area contributed by atoms with Gasteiger partial charge in [0.15, 0.2) is 17.3 Å². The van der Waals surface area contributed by atoms with Crippen molar-refractivity contribution in [1.29, 1.82) is 0 Å². The number of fused-ring (bicyclic) bond motifs is 2. The number of hydrogen-bond donors (Lipinski definition) is 0. The summed E-state index contributed by atoms with van der Waals surface area (Å²) in [7, 11) is 0. The van der Waals surface area contributed by atoms with Gasteiger partial charge in [0.05, 0.1) is 5.69 Å². The lowest BCUT2D eigenvalue weighted by Gasteiger charge is -2.32. The van der Waals surface area contributed by atoms with E-state index in [-0.39, 0.29) is 11.9 Å². The van der Waals surface area contributed by atoms with E-state index < -0.39 is 11.6 Å². The summed E-state index contributed by atoms with van der Waals surface area (Å²) in [5, 5.41) is 4.19.